The summed E-state index contributed by atoms with van der Waals surface area (Å²) in [6.45, 7) is 16.4. The molecule has 2 saturated heterocycles. The highest BCUT2D eigenvalue weighted by Gasteiger charge is 2.55. The van der Waals surface area contributed by atoms with Crippen LogP contribution in [0, 0.1) is 0 Å². The summed E-state index contributed by atoms with van der Waals surface area (Å²) in [5, 5.41) is 0.117. The van der Waals surface area contributed by atoms with Crippen molar-refractivity contribution >= 4 is 8.32 Å². The molecule has 0 aromatic heterocycles. The van der Waals surface area contributed by atoms with E-state index in [1.54, 1.807) is 0 Å². The first-order valence-electron chi connectivity index (χ1n) is 7.86. The van der Waals surface area contributed by atoms with E-state index in [0.717, 1.165) is 0 Å². The SMILES string of the molecule is C/C(F)=C1/O[C@H](CO[Si](C)(C)C(C)(C)C)[C@H]2OC(C)(C)O[C@@H]12. The van der Waals surface area contributed by atoms with Gasteiger partial charge in [-0.25, -0.2) is 4.39 Å². The van der Waals surface area contributed by atoms with Crippen LogP contribution in [0.4, 0.5) is 4.39 Å². The molecule has 0 aromatic carbocycles. The summed E-state index contributed by atoms with van der Waals surface area (Å²) >= 11 is 0. The van der Waals surface area contributed by atoms with Crippen molar-refractivity contribution in [3.05, 3.63) is 11.6 Å². The molecule has 2 rings (SSSR count). The van der Waals surface area contributed by atoms with Gasteiger partial charge in [0.15, 0.2) is 26.0 Å². The Morgan fingerprint density at radius 2 is 1.86 bits per heavy atom. The van der Waals surface area contributed by atoms with Crippen LogP contribution in [0.2, 0.25) is 18.1 Å². The van der Waals surface area contributed by atoms with E-state index in [9.17, 15) is 4.39 Å². The molecule has 6 heteroatoms. The summed E-state index contributed by atoms with van der Waals surface area (Å²) in [5.74, 6) is -0.833. The fourth-order valence-electron chi connectivity index (χ4n) is 2.47. The van der Waals surface area contributed by atoms with Gasteiger partial charge in [-0.3, -0.25) is 0 Å². The Hall–Kier alpha value is -0.433. The minimum Gasteiger partial charge on any atom is -0.484 e. The highest BCUT2D eigenvalue weighted by molar-refractivity contribution is 6.74. The predicted octanol–water partition coefficient (Wildman–Crippen LogP) is 4.13. The third-order valence-corrected chi connectivity index (χ3v) is 9.29. The molecule has 0 radical (unpaired) electrons. The zero-order chi connectivity index (χ0) is 16.9. The van der Waals surface area contributed by atoms with Crippen LogP contribution in [0.15, 0.2) is 11.6 Å². The Kier molecular flexibility index (Phi) is 4.54. The van der Waals surface area contributed by atoms with E-state index in [1.165, 1.54) is 6.92 Å². The quantitative estimate of drug-likeness (QED) is 0.728. The lowest BCUT2D eigenvalue weighted by Crippen LogP contribution is -2.44. The zero-order valence-electron chi connectivity index (χ0n) is 15.0. The minimum atomic E-state index is -1.89. The number of ether oxygens (including phenoxy) is 3. The van der Waals surface area contributed by atoms with Gasteiger partial charge >= 0.3 is 0 Å². The minimum absolute atomic E-state index is 0.117. The van der Waals surface area contributed by atoms with Crippen LogP contribution in [0.3, 0.4) is 0 Å². The number of allylic oxidation sites excluding steroid dienone is 1. The molecule has 2 aliphatic rings. The smallest absolute Gasteiger partial charge is 0.192 e. The maximum absolute atomic E-state index is 13.7. The van der Waals surface area contributed by atoms with Gasteiger partial charge in [0.05, 0.1) is 6.61 Å². The lowest BCUT2D eigenvalue weighted by Gasteiger charge is -2.37. The standard InChI is InChI=1S/C16H29FO4Si/c1-10(17)12-14-13(20-16(5,6)21-14)11(19-12)9-18-22(7,8)15(2,3)4/h11,13-14H,9H2,1-8H3/b12-10-/t11-,13-,14+/m1/s1. The molecule has 2 fully saturated rings. The van der Waals surface area contributed by atoms with E-state index < -0.39 is 20.2 Å². The maximum Gasteiger partial charge on any atom is 0.192 e. The van der Waals surface area contributed by atoms with Crippen LogP contribution < -0.4 is 0 Å². The third-order valence-electron chi connectivity index (χ3n) is 4.79. The number of halogens is 1. The fourth-order valence-corrected chi connectivity index (χ4v) is 3.49. The Labute approximate surface area is 134 Å². The first kappa shape index (κ1) is 17.9. The largest absolute Gasteiger partial charge is 0.484 e. The fraction of sp³-hybridized carbons (Fsp3) is 0.875. The van der Waals surface area contributed by atoms with E-state index >= 15 is 0 Å². The number of fused-ring (bicyclic) bond motifs is 1. The molecule has 0 aliphatic carbocycles. The van der Waals surface area contributed by atoms with Gasteiger partial charge in [-0.2, -0.15) is 0 Å². The molecular weight excluding hydrogens is 303 g/mol. The van der Waals surface area contributed by atoms with Crippen LogP contribution in [0.5, 0.6) is 0 Å². The molecule has 3 atom stereocenters. The molecule has 0 N–H and O–H groups in total. The molecule has 0 spiro atoms. The van der Waals surface area contributed by atoms with Gasteiger partial charge in [0.25, 0.3) is 0 Å². The first-order chi connectivity index (χ1) is 9.84. The molecule has 2 aliphatic heterocycles. The van der Waals surface area contributed by atoms with Gasteiger partial charge in [0.2, 0.25) is 0 Å². The van der Waals surface area contributed by atoms with Gasteiger partial charge < -0.3 is 18.6 Å². The number of hydrogen-bond donors (Lipinski definition) is 0. The number of rotatable bonds is 3. The molecule has 0 amide bonds. The molecule has 4 nitrogen and oxygen atoms in total. The van der Waals surface area contributed by atoms with Crippen LogP contribution >= 0.6 is 0 Å². The van der Waals surface area contributed by atoms with Crippen molar-refractivity contribution in [2.24, 2.45) is 0 Å². The topological polar surface area (TPSA) is 36.9 Å². The molecule has 0 aromatic rings. The maximum atomic E-state index is 13.7. The molecule has 128 valence electrons. The molecule has 0 bridgehead atoms. The molecule has 0 saturated carbocycles. The summed E-state index contributed by atoms with van der Waals surface area (Å²) in [6.07, 6.45) is -1.13. The average Bonchev–Trinajstić information content (AvgIpc) is 2.78. The van der Waals surface area contributed by atoms with Gasteiger partial charge in [-0.1, -0.05) is 20.8 Å². The van der Waals surface area contributed by atoms with E-state index in [-0.39, 0.29) is 28.8 Å². The number of hydrogen-bond acceptors (Lipinski definition) is 4. The lowest BCUT2D eigenvalue weighted by atomic mass is 10.1. The summed E-state index contributed by atoms with van der Waals surface area (Å²) in [4.78, 5) is 0. The van der Waals surface area contributed by atoms with Crippen molar-refractivity contribution < 1.29 is 23.0 Å². The van der Waals surface area contributed by atoms with E-state index in [1.807, 2.05) is 13.8 Å². The highest BCUT2D eigenvalue weighted by Crippen LogP contribution is 2.43. The first-order valence-corrected chi connectivity index (χ1v) is 10.8. The Balaban J connectivity index is 2.11. The van der Waals surface area contributed by atoms with Gasteiger partial charge in [-0.15, -0.1) is 0 Å². The van der Waals surface area contributed by atoms with Crippen molar-refractivity contribution in [2.75, 3.05) is 6.61 Å². The van der Waals surface area contributed by atoms with Crippen molar-refractivity contribution in [1.29, 1.82) is 0 Å². The summed E-state index contributed by atoms with van der Waals surface area (Å²) in [7, 11) is -1.89. The van der Waals surface area contributed by atoms with Gasteiger partial charge in [0.1, 0.15) is 18.0 Å². The normalized spacial score (nSPS) is 33.6. The van der Waals surface area contributed by atoms with Crippen molar-refractivity contribution in [3.8, 4) is 0 Å². The Bertz CT molecular complexity index is 463. The second-order valence-corrected chi connectivity index (χ2v) is 13.0. The Morgan fingerprint density at radius 3 is 2.36 bits per heavy atom. The lowest BCUT2D eigenvalue weighted by molar-refractivity contribution is -0.169. The van der Waals surface area contributed by atoms with E-state index in [0.29, 0.717) is 6.61 Å². The van der Waals surface area contributed by atoms with Gasteiger partial charge in [-0.05, 0) is 38.9 Å². The molecular formula is C16H29FO4Si. The summed E-state index contributed by atoms with van der Waals surface area (Å²) in [5.41, 5.74) is 0. The van der Waals surface area contributed by atoms with Crippen LogP contribution in [-0.2, 0) is 18.6 Å². The zero-order valence-corrected chi connectivity index (χ0v) is 16.0. The summed E-state index contributed by atoms with van der Waals surface area (Å²) in [6, 6.07) is 0. The van der Waals surface area contributed by atoms with Crippen LogP contribution in [0.25, 0.3) is 0 Å². The summed E-state index contributed by atoms with van der Waals surface area (Å²) < 4.78 is 37.4. The second-order valence-electron chi connectivity index (χ2n) is 8.15. The van der Waals surface area contributed by atoms with Crippen LogP contribution in [-0.4, -0.2) is 39.0 Å². The predicted molar refractivity (Wildman–Crippen MR) is 85.7 cm³/mol. The van der Waals surface area contributed by atoms with Gasteiger partial charge in [0, 0.05) is 0 Å². The Morgan fingerprint density at radius 1 is 1.27 bits per heavy atom. The van der Waals surface area contributed by atoms with E-state index in [2.05, 4.69) is 33.9 Å². The monoisotopic (exact) mass is 332 g/mol. The van der Waals surface area contributed by atoms with Crippen LogP contribution in [0.1, 0.15) is 41.5 Å². The second kappa shape index (κ2) is 5.58. The third kappa shape index (κ3) is 3.40. The van der Waals surface area contributed by atoms with Crippen molar-refractivity contribution in [1.82, 2.24) is 0 Å². The van der Waals surface area contributed by atoms with Crippen molar-refractivity contribution in [3.63, 3.8) is 0 Å². The molecule has 0 unspecified atom stereocenters. The van der Waals surface area contributed by atoms with E-state index in [4.69, 9.17) is 18.6 Å². The average molecular weight is 332 g/mol. The molecule has 2 heterocycles. The van der Waals surface area contributed by atoms with Crippen molar-refractivity contribution in [2.45, 2.75) is 83.8 Å². The molecule has 22 heavy (non-hydrogen) atoms. The highest BCUT2D eigenvalue weighted by atomic mass is 28.4.